The minimum Gasteiger partial charge on any atom is -0.314 e. The van der Waals surface area contributed by atoms with Crippen LogP contribution in [0.15, 0.2) is 5.38 Å². The molecule has 4 heteroatoms. The van der Waals surface area contributed by atoms with Gasteiger partial charge in [-0.3, -0.25) is 0 Å². The van der Waals surface area contributed by atoms with E-state index in [1.807, 2.05) is 7.05 Å². The van der Waals surface area contributed by atoms with Crippen LogP contribution in [0.1, 0.15) is 36.3 Å². The van der Waals surface area contributed by atoms with Gasteiger partial charge >= 0.3 is 0 Å². The summed E-state index contributed by atoms with van der Waals surface area (Å²) in [6, 6.07) is 0. The van der Waals surface area contributed by atoms with Crippen LogP contribution in [0.3, 0.4) is 0 Å². The van der Waals surface area contributed by atoms with Crippen molar-refractivity contribution in [3.63, 3.8) is 0 Å². The van der Waals surface area contributed by atoms with E-state index in [0.717, 1.165) is 12.2 Å². The Morgan fingerprint density at radius 2 is 2.21 bits per heavy atom. The molecule has 0 amide bonds. The van der Waals surface area contributed by atoms with Crippen molar-refractivity contribution < 1.29 is 0 Å². The number of alkyl halides is 1. The lowest BCUT2D eigenvalue weighted by Crippen LogP contribution is -2.13. The molecule has 0 aromatic carbocycles. The molecule has 1 unspecified atom stereocenters. The van der Waals surface area contributed by atoms with E-state index in [4.69, 9.17) is 0 Å². The predicted molar refractivity (Wildman–Crippen MR) is 66.0 cm³/mol. The third-order valence-corrected chi connectivity index (χ3v) is 4.97. The number of nitrogens with one attached hydrogen (secondary N) is 1. The van der Waals surface area contributed by atoms with Crippen molar-refractivity contribution in [3.05, 3.63) is 16.1 Å². The third kappa shape index (κ3) is 3.04. The van der Waals surface area contributed by atoms with Crippen molar-refractivity contribution in [3.8, 4) is 0 Å². The highest BCUT2D eigenvalue weighted by molar-refractivity contribution is 9.09. The molecular weight excluding hydrogens is 260 g/mol. The third-order valence-electron chi connectivity index (χ3n) is 1.90. The fourth-order valence-electron chi connectivity index (χ4n) is 1.07. The summed E-state index contributed by atoms with van der Waals surface area (Å²) in [5.41, 5.74) is 1.34. The number of rotatable bonds is 3. The van der Waals surface area contributed by atoms with Crippen LogP contribution >= 0.6 is 27.3 Å². The molecule has 14 heavy (non-hydrogen) atoms. The largest absolute Gasteiger partial charge is 0.314 e. The number of hydrogen-bond donors (Lipinski definition) is 1. The van der Waals surface area contributed by atoms with Gasteiger partial charge in [-0.15, -0.1) is 11.3 Å². The van der Waals surface area contributed by atoms with Gasteiger partial charge in [0.15, 0.2) is 0 Å². The van der Waals surface area contributed by atoms with E-state index in [9.17, 15) is 0 Å². The maximum absolute atomic E-state index is 4.58. The van der Waals surface area contributed by atoms with Gasteiger partial charge in [-0.1, -0.05) is 36.7 Å². The van der Waals surface area contributed by atoms with E-state index in [2.05, 4.69) is 52.4 Å². The summed E-state index contributed by atoms with van der Waals surface area (Å²) in [7, 11) is 1.94. The van der Waals surface area contributed by atoms with Gasteiger partial charge in [0.2, 0.25) is 0 Å². The molecule has 0 aliphatic rings. The topological polar surface area (TPSA) is 24.9 Å². The summed E-state index contributed by atoms with van der Waals surface area (Å²) < 4.78 is 0. The van der Waals surface area contributed by atoms with Crippen molar-refractivity contribution in [2.75, 3.05) is 7.05 Å². The second-order valence-corrected chi connectivity index (χ2v) is 6.24. The molecule has 80 valence electrons. The minimum absolute atomic E-state index is 0.217. The lowest BCUT2D eigenvalue weighted by Gasteiger charge is -2.23. The molecule has 0 radical (unpaired) electrons. The van der Waals surface area contributed by atoms with E-state index in [0.29, 0.717) is 4.83 Å². The van der Waals surface area contributed by atoms with E-state index >= 15 is 0 Å². The highest BCUT2D eigenvalue weighted by Crippen LogP contribution is 2.41. The van der Waals surface area contributed by atoms with Crippen LogP contribution in [0.2, 0.25) is 0 Å². The highest BCUT2D eigenvalue weighted by Gasteiger charge is 2.25. The van der Waals surface area contributed by atoms with E-state index in [1.54, 1.807) is 11.3 Å². The van der Waals surface area contributed by atoms with Crippen LogP contribution in [0, 0.1) is 5.41 Å². The molecule has 0 saturated carbocycles. The highest BCUT2D eigenvalue weighted by atomic mass is 79.9. The first-order valence-corrected chi connectivity index (χ1v) is 6.47. The second kappa shape index (κ2) is 4.73. The Morgan fingerprint density at radius 3 is 2.71 bits per heavy atom. The second-order valence-electron chi connectivity index (χ2n) is 4.44. The number of thiazole rings is 1. The predicted octanol–water partition coefficient (Wildman–Crippen LogP) is 3.34. The summed E-state index contributed by atoms with van der Waals surface area (Å²) >= 11 is 5.42. The van der Waals surface area contributed by atoms with Crippen LogP contribution < -0.4 is 5.32 Å². The van der Waals surface area contributed by atoms with E-state index in [1.165, 1.54) is 5.01 Å². The van der Waals surface area contributed by atoms with E-state index < -0.39 is 0 Å². The van der Waals surface area contributed by atoms with Gasteiger partial charge in [-0.25, -0.2) is 4.98 Å². The van der Waals surface area contributed by atoms with Crippen molar-refractivity contribution >= 4 is 27.3 Å². The molecule has 1 N–H and O–H groups in total. The molecule has 1 aromatic heterocycles. The Bertz CT molecular complexity index is 291. The van der Waals surface area contributed by atoms with Crippen molar-refractivity contribution in [2.45, 2.75) is 32.1 Å². The molecule has 2 nitrogen and oxygen atoms in total. The van der Waals surface area contributed by atoms with Gasteiger partial charge in [0.05, 0.1) is 10.5 Å². The molecule has 1 rings (SSSR count). The minimum atomic E-state index is 0.217. The van der Waals surface area contributed by atoms with Crippen LogP contribution in [0.4, 0.5) is 0 Å². The SMILES string of the molecule is CNCc1csc(C(Br)C(C)(C)C)n1. The lowest BCUT2D eigenvalue weighted by atomic mass is 9.93. The van der Waals surface area contributed by atoms with Crippen molar-refractivity contribution in [2.24, 2.45) is 5.41 Å². The number of aromatic nitrogens is 1. The van der Waals surface area contributed by atoms with Gasteiger partial charge in [-0.05, 0) is 12.5 Å². The normalized spacial score (nSPS) is 14.4. The van der Waals surface area contributed by atoms with Crippen LogP contribution in [-0.2, 0) is 6.54 Å². The Balaban J connectivity index is 2.76. The van der Waals surface area contributed by atoms with Crippen molar-refractivity contribution in [1.29, 1.82) is 0 Å². The van der Waals surface area contributed by atoms with Crippen LogP contribution in [0.5, 0.6) is 0 Å². The zero-order chi connectivity index (χ0) is 10.8. The first-order valence-electron chi connectivity index (χ1n) is 4.68. The molecule has 0 bridgehead atoms. The summed E-state index contributed by atoms with van der Waals surface area (Å²) in [5, 5.41) is 6.39. The Kier molecular flexibility index (Phi) is 4.10. The van der Waals surface area contributed by atoms with Gasteiger partial charge in [0, 0.05) is 11.9 Å². The molecule has 0 aliphatic heterocycles. The zero-order valence-electron chi connectivity index (χ0n) is 9.10. The molecule has 0 fully saturated rings. The Morgan fingerprint density at radius 1 is 1.57 bits per heavy atom. The van der Waals surface area contributed by atoms with Gasteiger partial charge in [0.1, 0.15) is 5.01 Å². The maximum atomic E-state index is 4.58. The standard InChI is InChI=1S/C10H17BrN2S/c1-10(2,3)8(11)9-13-7(5-12-4)6-14-9/h6,8,12H,5H2,1-4H3. The average Bonchev–Trinajstić information content (AvgIpc) is 2.50. The lowest BCUT2D eigenvalue weighted by molar-refractivity contribution is 0.406. The van der Waals surface area contributed by atoms with Gasteiger partial charge < -0.3 is 5.32 Å². The fraction of sp³-hybridized carbons (Fsp3) is 0.700. The van der Waals surface area contributed by atoms with Crippen LogP contribution in [0.25, 0.3) is 0 Å². The molecule has 1 aromatic rings. The number of halogens is 1. The molecule has 1 heterocycles. The first kappa shape index (κ1) is 12.1. The molecule has 1 atom stereocenters. The summed E-state index contributed by atoms with van der Waals surface area (Å²) in [4.78, 5) is 4.91. The fourth-order valence-corrected chi connectivity index (χ4v) is 2.53. The Labute approximate surface area is 98.3 Å². The first-order chi connectivity index (χ1) is 6.45. The zero-order valence-corrected chi connectivity index (χ0v) is 11.5. The molecule has 0 spiro atoms. The van der Waals surface area contributed by atoms with Gasteiger partial charge in [-0.2, -0.15) is 0 Å². The molecule has 0 aliphatic carbocycles. The monoisotopic (exact) mass is 276 g/mol. The summed E-state index contributed by atoms with van der Waals surface area (Å²) in [6.07, 6.45) is 0. The smallest absolute Gasteiger partial charge is 0.107 e. The summed E-state index contributed by atoms with van der Waals surface area (Å²) in [5.74, 6) is 0. The summed E-state index contributed by atoms with van der Waals surface area (Å²) in [6.45, 7) is 7.49. The number of hydrogen-bond acceptors (Lipinski definition) is 3. The average molecular weight is 277 g/mol. The Hall–Kier alpha value is 0.0700. The van der Waals surface area contributed by atoms with E-state index in [-0.39, 0.29) is 5.41 Å². The van der Waals surface area contributed by atoms with Crippen LogP contribution in [-0.4, -0.2) is 12.0 Å². The number of nitrogens with zero attached hydrogens (tertiary/aromatic N) is 1. The maximum Gasteiger partial charge on any atom is 0.107 e. The van der Waals surface area contributed by atoms with Gasteiger partial charge in [0.25, 0.3) is 0 Å². The van der Waals surface area contributed by atoms with Crippen molar-refractivity contribution in [1.82, 2.24) is 10.3 Å². The molecular formula is C10H17BrN2S. The molecule has 0 saturated heterocycles. The quantitative estimate of drug-likeness (QED) is 0.857.